The SMILES string of the molecule is CN1CCC[C@H](N)C1=O. The van der Waals surface area contributed by atoms with Crippen molar-refractivity contribution in [2.75, 3.05) is 13.6 Å². The number of rotatable bonds is 0. The third-order valence-electron chi connectivity index (χ3n) is 1.70. The van der Waals surface area contributed by atoms with Crippen LogP contribution in [0.15, 0.2) is 0 Å². The summed E-state index contributed by atoms with van der Waals surface area (Å²) < 4.78 is 0. The van der Waals surface area contributed by atoms with Crippen LogP contribution in [0.3, 0.4) is 0 Å². The fraction of sp³-hybridized carbons (Fsp3) is 0.833. The normalized spacial score (nSPS) is 28.9. The van der Waals surface area contributed by atoms with Gasteiger partial charge in [0, 0.05) is 13.6 Å². The van der Waals surface area contributed by atoms with Crippen LogP contribution in [-0.4, -0.2) is 30.4 Å². The number of likely N-dealkylation sites (N-methyl/N-ethyl adjacent to an activating group) is 1. The zero-order chi connectivity index (χ0) is 6.85. The molecule has 0 aliphatic carbocycles. The molecule has 52 valence electrons. The Bertz CT molecular complexity index is 112. The highest BCUT2D eigenvalue weighted by Crippen LogP contribution is 2.06. The number of amides is 1. The first-order chi connectivity index (χ1) is 4.22. The Balaban J connectivity index is 2.52. The molecule has 1 aliphatic rings. The maximum atomic E-state index is 10.9. The summed E-state index contributed by atoms with van der Waals surface area (Å²) in [6, 6.07) is -0.233. The van der Waals surface area contributed by atoms with Crippen LogP contribution in [0.4, 0.5) is 0 Å². The van der Waals surface area contributed by atoms with Crippen molar-refractivity contribution in [2.24, 2.45) is 5.73 Å². The van der Waals surface area contributed by atoms with Gasteiger partial charge in [-0.3, -0.25) is 4.79 Å². The summed E-state index contributed by atoms with van der Waals surface area (Å²) in [6.45, 7) is 0.868. The van der Waals surface area contributed by atoms with Gasteiger partial charge in [-0.25, -0.2) is 0 Å². The maximum Gasteiger partial charge on any atom is 0.239 e. The van der Waals surface area contributed by atoms with Gasteiger partial charge in [0.2, 0.25) is 5.91 Å². The Morgan fingerprint density at radius 2 is 2.44 bits per heavy atom. The molecule has 1 fully saturated rings. The number of carbonyl (C=O) groups excluding carboxylic acids is 1. The molecule has 0 aromatic heterocycles. The van der Waals surface area contributed by atoms with Gasteiger partial charge in [-0.2, -0.15) is 0 Å². The fourth-order valence-corrected chi connectivity index (χ4v) is 1.07. The third kappa shape index (κ3) is 1.21. The van der Waals surface area contributed by atoms with Crippen molar-refractivity contribution in [3.8, 4) is 0 Å². The summed E-state index contributed by atoms with van der Waals surface area (Å²) in [4.78, 5) is 12.6. The number of likely N-dealkylation sites (tertiary alicyclic amines) is 1. The van der Waals surface area contributed by atoms with Gasteiger partial charge < -0.3 is 10.6 Å². The van der Waals surface area contributed by atoms with Crippen LogP contribution in [0.1, 0.15) is 12.8 Å². The van der Waals surface area contributed by atoms with Crippen molar-refractivity contribution >= 4 is 5.91 Å². The Hall–Kier alpha value is -0.570. The second-order valence-corrected chi connectivity index (χ2v) is 2.51. The van der Waals surface area contributed by atoms with Gasteiger partial charge in [-0.05, 0) is 12.8 Å². The maximum absolute atomic E-state index is 10.9. The van der Waals surface area contributed by atoms with E-state index in [4.69, 9.17) is 5.73 Å². The molecule has 0 radical (unpaired) electrons. The zero-order valence-corrected chi connectivity index (χ0v) is 5.63. The highest BCUT2D eigenvalue weighted by molar-refractivity contribution is 5.81. The van der Waals surface area contributed by atoms with Crippen LogP contribution in [-0.2, 0) is 4.79 Å². The molecule has 3 heteroatoms. The summed E-state index contributed by atoms with van der Waals surface area (Å²) in [5.41, 5.74) is 5.48. The molecule has 9 heavy (non-hydrogen) atoms. The lowest BCUT2D eigenvalue weighted by atomic mass is 10.1. The predicted octanol–water partition coefficient (Wildman–Crippen LogP) is -0.434. The van der Waals surface area contributed by atoms with Crippen molar-refractivity contribution < 1.29 is 4.79 Å². The van der Waals surface area contributed by atoms with E-state index in [-0.39, 0.29) is 11.9 Å². The Labute approximate surface area is 54.8 Å². The van der Waals surface area contributed by atoms with Gasteiger partial charge in [-0.15, -0.1) is 0 Å². The van der Waals surface area contributed by atoms with Gasteiger partial charge >= 0.3 is 0 Å². The first kappa shape index (κ1) is 6.55. The molecular weight excluding hydrogens is 116 g/mol. The van der Waals surface area contributed by atoms with E-state index in [1.54, 1.807) is 11.9 Å². The highest BCUT2D eigenvalue weighted by Gasteiger charge is 2.21. The average molecular weight is 128 g/mol. The zero-order valence-electron chi connectivity index (χ0n) is 5.63. The van der Waals surface area contributed by atoms with E-state index in [2.05, 4.69) is 0 Å². The monoisotopic (exact) mass is 128 g/mol. The van der Waals surface area contributed by atoms with E-state index in [1.165, 1.54) is 0 Å². The molecule has 1 heterocycles. The second kappa shape index (κ2) is 2.35. The van der Waals surface area contributed by atoms with Gasteiger partial charge in [0.1, 0.15) is 0 Å². The van der Waals surface area contributed by atoms with E-state index >= 15 is 0 Å². The van der Waals surface area contributed by atoms with Gasteiger partial charge in [-0.1, -0.05) is 0 Å². The van der Waals surface area contributed by atoms with Crippen LogP contribution in [0.2, 0.25) is 0 Å². The first-order valence-corrected chi connectivity index (χ1v) is 3.22. The summed E-state index contributed by atoms with van der Waals surface area (Å²) >= 11 is 0. The van der Waals surface area contributed by atoms with Crippen molar-refractivity contribution in [1.82, 2.24) is 4.90 Å². The molecular formula is C6H12N2O. The van der Waals surface area contributed by atoms with E-state index in [1.807, 2.05) is 0 Å². The van der Waals surface area contributed by atoms with Crippen LogP contribution in [0.25, 0.3) is 0 Å². The summed E-state index contributed by atoms with van der Waals surface area (Å²) in [5.74, 6) is 0.0845. The number of piperidine rings is 1. The number of carbonyl (C=O) groups is 1. The predicted molar refractivity (Wildman–Crippen MR) is 34.8 cm³/mol. The molecule has 2 N–H and O–H groups in total. The minimum absolute atomic E-state index is 0.0845. The van der Waals surface area contributed by atoms with Gasteiger partial charge in [0.25, 0.3) is 0 Å². The van der Waals surface area contributed by atoms with Crippen LogP contribution in [0.5, 0.6) is 0 Å². The molecule has 0 aromatic carbocycles. The van der Waals surface area contributed by atoms with Crippen LogP contribution in [0, 0.1) is 0 Å². The molecule has 1 aliphatic heterocycles. The van der Waals surface area contributed by atoms with Crippen molar-refractivity contribution in [1.29, 1.82) is 0 Å². The molecule has 1 rings (SSSR count). The van der Waals surface area contributed by atoms with Crippen LogP contribution < -0.4 is 5.73 Å². The molecule has 0 bridgehead atoms. The van der Waals surface area contributed by atoms with E-state index < -0.39 is 0 Å². The topological polar surface area (TPSA) is 46.3 Å². The summed E-state index contributed by atoms with van der Waals surface area (Å²) in [5, 5.41) is 0. The minimum atomic E-state index is -0.233. The quantitative estimate of drug-likeness (QED) is 0.481. The van der Waals surface area contributed by atoms with E-state index in [0.717, 1.165) is 19.4 Å². The first-order valence-electron chi connectivity index (χ1n) is 3.22. The molecule has 0 aromatic rings. The molecule has 3 nitrogen and oxygen atoms in total. The number of hydrogen-bond donors (Lipinski definition) is 1. The summed E-state index contributed by atoms with van der Waals surface area (Å²) in [7, 11) is 1.79. The molecule has 1 amide bonds. The van der Waals surface area contributed by atoms with E-state index in [0.29, 0.717) is 0 Å². The Morgan fingerprint density at radius 3 is 2.89 bits per heavy atom. The third-order valence-corrected chi connectivity index (χ3v) is 1.70. The lowest BCUT2D eigenvalue weighted by Crippen LogP contribution is -2.46. The number of hydrogen-bond acceptors (Lipinski definition) is 2. The number of nitrogens with two attached hydrogens (primary N) is 1. The van der Waals surface area contributed by atoms with Crippen molar-refractivity contribution in [3.63, 3.8) is 0 Å². The molecule has 0 spiro atoms. The molecule has 0 unspecified atom stereocenters. The summed E-state index contributed by atoms with van der Waals surface area (Å²) in [6.07, 6.45) is 1.90. The Morgan fingerprint density at radius 1 is 1.78 bits per heavy atom. The average Bonchev–Trinajstić information content (AvgIpc) is 1.83. The minimum Gasteiger partial charge on any atom is -0.344 e. The second-order valence-electron chi connectivity index (χ2n) is 2.51. The highest BCUT2D eigenvalue weighted by atomic mass is 16.2. The van der Waals surface area contributed by atoms with Gasteiger partial charge in [0.15, 0.2) is 0 Å². The standard InChI is InChI=1S/C6H12N2O/c1-8-4-2-3-5(7)6(8)9/h5H,2-4,7H2,1H3/t5-/m0/s1. The van der Waals surface area contributed by atoms with Gasteiger partial charge in [0.05, 0.1) is 6.04 Å². The van der Waals surface area contributed by atoms with Crippen molar-refractivity contribution in [2.45, 2.75) is 18.9 Å². The molecule has 1 saturated heterocycles. The lowest BCUT2D eigenvalue weighted by Gasteiger charge is -2.26. The lowest BCUT2D eigenvalue weighted by molar-refractivity contribution is -0.133. The van der Waals surface area contributed by atoms with E-state index in [9.17, 15) is 4.79 Å². The smallest absolute Gasteiger partial charge is 0.239 e. The fourth-order valence-electron chi connectivity index (χ4n) is 1.07. The molecule has 1 atom stereocenters. The Kier molecular flexibility index (Phi) is 1.71. The number of nitrogens with zero attached hydrogens (tertiary/aromatic N) is 1. The van der Waals surface area contributed by atoms with Crippen LogP contribution >= 0.6 is 0 Å². The molecule has 0 saturated carbocycles. The largest absolute Gasteiger partial charge is 0.344 e. The van der Waals surface area contributed by atoms with Crippen molar-refractivity contribution in [3.05, 3.63) is 0 Å².